The maximum absolute atomic E-state index is 12.1. The van der Waals surface area contributed by atoms with Crippen LogP contribution in [-0.2, 0) is 16.4 Å². The number of anilines is 1. The Morgan fingerprint density at radius 2 is 1.82 bits per heavy atom. The Bertz CT molecular complexity index is 1390. The normalized spacial score (nSPS) is 18.8. The molecule has 204 valence electrons. The highest BCUT2D eigenvalue weighted by Crippen LogP contribution is 2.47. The highest BCUT2D eigenvalue weighted by Gasteiger charge is 2.33. The molecule has 2 atom stereocenters. The lowest BCUT2D eigenvalue weighted by molar-refractivity contribution is 0.433. The third-order valence-electron chi connectivity index (χ3n) is 7.84. The molecule has 0 aliphatic heterocycles. The van der Waals surface area contributed by atoms with Crippen molar-refractivity contribution in [3.05, 3.63) is 58.5 Å². The molecule has 5 rings (SSSR count). The highest BCUT2D eigenvalue weighted by molar-refractivity contribution is 7.89. The molecule has 3 N–H and O–H groups in total. The number of pyridine rings is 1. The average Bonchev–Trinajstić information content (AvgIpc) is 3.42. The summed E-state index contributed by atoms with van der Waals surface area (Å²) >= 11 is 6.32. The van der Waals surface area contributed by atoms with Crippen LogP contribution < -0.4 is 10.0 Å². The van der Waals surface area contributed by atoms with Crippen LogP contribution in [0, 0.1) is 5.92 Å². The fourth-order valence-corrected chi connectivity index (χ4v) is 7.24. The molecule has 2 aliphatic carbocycles. The van der Waals surface area contributed by atoms with Gasteiger partial charge in [0, 0.05) is 46.6 Å². The zero-order valence-electron chi connectivity index (χ0n) is 22.1. The Balaban J connectivity index is 1.07. The Labute approximate surface area is 230 Å². The van der Waals surface area contributed by atoms with E-state index >= 15 is 0 Å². The molecule has 9 heteroatoms. The van der Waals surface area contributed by atoms with Crippen LogP contribution in [0.3, 0.4) is 0 Å². The van der Waals surface area contributed by atoms with Crippen molar-refractivity contribution < 1.29 is 8.42 Å². The number of unbranched alkanes of at least 4 members (excludes halogenated alkanes) is 6. The smallest absolute Gasteiger partial charge is 0.243 e. The lowest BCUT2D eigenvalue weighted by atomic mass is 9.71. The van der Waals surface area contributed by atoms with Crippen LogP contribution in [-0.4, -0.2) is 36.7 Å². The number of nitrogens with one attached hydrogen (secondary N) is 3. The lowest BCUT2D eigenvalue weighted by Crippen LogP contribution is -2.24. The molecule has 0 radical (unpaired) electrons. The number of benzene rings is 1. The van der Waals surface area contributed by atoms with E-state index in [1.807, 2.05) is 12.1 Å². The van der Waals surface area contributed by atoms with Gasteiger partial charge in [-0.3, -0.25) is 10.1 Å². The van der Waals surface area contributed by atoms with Crippen LogP contribution in [0.15, 0.2) is 47.1 Å². The predicted octanol–water partition coefficient (Wildman–Crippen LogP) is 6.73. The SMILES string of the molecule is CC1=CC2Cc3nc4cc(Cl)ccc4c(NCCCCCCCCCNS(=O)(=O)c4cn[nH]c4)c3C(C1)C2. The average molecular weight is 556 g/mol. The third-order valence-corrected chi connectivity index (χ3v) is 9.50. The molecule has 0 saturated carbocycles. The fraction of sp³-hybridized carbons (Fsp3) is 0.517. The Morgan fingerprint density at radius 3 is 2.58 bits per heavy atom. The second kappa shape index (κ2) is 12.2. The summed E-state index contributed by atoms with van der Waals surface area (Å²) in [6.45, 7) is 3.68. The van der Waals surface area contributed by atoms with Gasteiger partial charge in [-0.15, -0.1) is 0 Å². The van der Waals surface area contributed by atoms with Crippen molar-refractivity contribution in [3.63, 3.8) is 0 Å². The second-order valence-electron chi connectivity index (χ2n) is 10.9. The summed E-state index contributed by atoms with van der Waals surface area (Å²) in [5, 5.41) is 12.0. The Hall–Kier alpha value is -2.42. The number of fused-ring (bicyclic) bond motifs is 5. The minimum atomic E-state index is -3.44. The van der Waals surface area contributed by atoms with E-state index in [0.29, 0.717) is 18.4 Å². The number of aromatic amines is 1. The van der Waals surface area contributed by atoms with Gasteiger partial charge < -0.3 is 5.32 Å². The van der Waals surface area contributed by atoms with E-state index in [0.717, 1.165) is 55.6 Å². The van der Waals surface area contributed by atoms with Gasteiger partial charge in [-0.1, -0.05) is 55.4 Å². The van der Waals surface area contributed by atoms with E-state index in [4.69, 9.17) is 16.6 Å². The van der Waals surface area contributed by atoms with Crippen molar-refractivity contribution >= 4 is 38.2 Å². The molecule has 2 aromatic heterocycles. The van der Waals surface area contributed by atoms with Gasteiger partial charge in [-0.2, -0.15) is 5.10 Å². The van der Waals surface area contributed by atoms with E-state index in [9.17, 15) is 8.42 Å². The molecule has 3 aromatic rings. The third kappa shape index (κ3) is 6.41. The summed E-state index contributed by atoms with van der Waals surface area (Å²) in [5.74, 6) is 1.16. The second-order valence-corrected chi connectivity index (χ2v) is 13.1. The zero-order valence-corrected chi connectivity index (χ0v) is 23.7. The lowest BCUT2D eigenvalue weighted by Gasteiger charge is -2.36. The number of allylic oxidation sites excluding steroid dienone is 2. The molecular formula is C29H38ClN5O2S. The largest absolute Gasteiger partial charge is 0.384 e. The molecule has 7 nitrogen and oxygen atoms in total. The first-order valence-corrected chi connectivity index (χ1v) is 15.8. The van der Waals surface area contributed by atoms with Crippen LogP contribution in [0.25, 0.3) is 10.9 Å². The standard InChI is InChI=1S/C29H38ClN5O2S/c1-20-13-21-15-22(14-20)28-27(16-21)35-26-17-23(30)9-10-25(26)29(28)31-11-7-5-3-2-4-6-8-12-34-38(36,37)24-18-32-33-19-24/h9-10,13,17-19,21-22,34H,2-8,11-12,14-16H2,1H3,(H,31,35)(H,32,33). The molecule has 2 heterocycles. The van der Waals surface area contributed by atoms with E-state index < -0.39 is 10.0 Å². The number of rotatable bonds is 13. The molecule has 2 aliphatic rings. The van der Waals surface area contributed by atoms with Crippen molar-refractivity contribution in [2.45, 2.75) is 81.9 Å². The molecular weight excluding hydrogens is 518 g/mol. The van der Waals surface area contributed by atoms with Crippen LogP contribution in [0.5, 0.6) is 0 Å². The van der Waals surface area contributed by atoms with Gasteiger partial charge in [0.15, 0.2) is 0 Å². The first kappa shape index (κ1) is 27.2. The van der Waals surface area contributed by atoms with Gasteiger partial charge in [-0.25, -0.2) is 13.1 Å². The molecule has 1 aromatic carbocycles. The highest BCUT2D eigenvalue weighted by atomic mass is 35.5. The van der Waals surface area contributed by atoms with Crippen LogP contribution in [0.1, 0.15) is 81.9 Å². The molecule has 2 bridgehead atoms. The van der Waals surface area contributed by atoms with Gasteiger partial charge in [0.05, 0.1) is 11.7 Å². The van der Waals surface area contributed by atoms with E-state index in [2.05, 4.69) is 39.3 Å². The zero-order chi connectivity index (χ0) is 26.5. The number of H-pyrrole nitrogens is 1. The van der Waals surface area contributed by atoms with Crippen LogP contribution in [0.2, 0.25) is 5.02 Å². The summed E-state index contributed by atoms with van der Waals surface area (Å²) in [4.78, 5) is 5.26. The van der Waals surface area contributed by atoms with Gasteiger partial charge in [0.25, 0.3) is 0 Å². The maximum atomic E-state index is 12.1. The van der Waals surface area contributed by atoms with Crippen molar-refractivity contribution in [1.82, 2.24) is 19.9 Å². The van der Waals surface area contributed by atoms with Crippen LogP contribution in [0.4, 0.5) is 5.69 Å². The monoisotopic (exact) mass is 555 g/mol. The summed E-state index contributed by atoms with van der Waals surface area (Å²) < 4.78 is 26.8. The van der Waals surface area contributed by atoms with Crippen LogP contribution >= 0.6 is 11.6 Å². The summed E-state index contributed by atoms with van der Waals surface area (Å²) in [6, 6.07) is 6.10. The molecule has 0 fully saturated rings. The minimum Gasteiger partial charge on any atom is -0.384 e. The number of aromatic nitrogens is 3. The van der Waals surface area contributed by atoms with Gasteiger partial charge in [0.2, 0.25) is 10.0 Å². The van der Waals surface area contributed by atoms with Crippen molar-refractivity contribution in [2.24, 2.45) is 5.92 Å². The number of halogens is 1. The quantitative estimate of drug-likeness (QED) is 0.160. The number of hydrogen-bond donors (Lipinski definition) is 3. The maximum Gasteiger partial charge on any atom is 0.243 e. The van der Waals surface area contributed by atoms with E-state index in [1.54, 1.807) is 0 Å². The first-order valence-electron chi connectivity index (χ1n) is 13.9. The predicted molar refractivity (Wildman–Crippen MR) is 154 cm³/mol. The fourth-order valence-electron chi connectivity index (χ4n) is 6.10. The molecule has 2 unspecified atom stereocenters. The van der Waals surface area contributed by atoms with E-state index in [1.165, 1.54) is 66.0 Å². The van der Waals surface area contributed by atoms with Crippen molar-refractivity contribution in [2.75, 3.05) is 18.4 Å². The first-order chi connectivity index (χ1) is 18.4. The molecule has 0 amide bonds. The van der Waals surface area contributed by atoms with Gasteiger partial charge >= 0.3 is 0 Å². The Morgan fingerprint density at radius 1 is 1.05 bits per heavy atom. The summed E-state index contributed by atoms with van der Waals surface area (Å²) in [6.07, 6.45) is 16.2. The number of nitrogens with zero attached hydrogens (tertiary/aromatic N) is 2. The van der Waals surface area contributed by atoms with Gasteiger partial charge in [0.1, 0.15) is 4.90 Å². The Kier molecular flexibility index (Phi) is 8.71. The summed E-state index contributed by atoms with van der Waals surface area (Å²) in [7, 11) is -3.44. The van der Waals surface area contributed by atoms with Gasteiger partial charge in [-0.05, 0) is 69.1 Å². The van der Waals surface area contributed by atoms with Crippen molar-refractivity contribution in [1.29, 1.82) is 0 Å². The summed E-state index contributed by atoms with van der Waals surface area (Å²) in [5.41, 5.74) is 6.46. The topological polar surface area (TPSA) is 99.8 Å². The number of sulfonamides is 1. The van der Waals surface area contributed by atoms with E-state index in [-0.39, 0.29) is 4.90 Å². The molecule has 0 spiro atoms. The number of hydrogen-bond acceptors (Lipinski definition) is 5. The minimum absolute atomic E-state index is 0.185. The molecule has 0 saturated heterocycles. The van der Waals surface area contributed by atoms with Crippen molar-refractivity contribution in [3.8, 4) is 0 Å². The molecule has 38 heavy (non-hydrogen) atoms.